The van der Waals surface area contributed by atoms with Crippen LogP contribution in [0, 0.1) is 12.7 Å². The van der Waals surface area contributed by atoms with Gasteiger partial charge in [-0.2, -0.15) is 0 Å². The summed E-state index contributed by atoms with van der Waals surface area (Å²) in [6.07, 6.45) is 1.56. The standard InChI is InChI=1S/C10H9FN2/c1-6-5-8(11)10-7(9(6)12)3-2-4-13-10/h2-5H,12H2,1H3. The van der Waals surface area contributed by atoms with Crippen LogP contribution in [0.4, 0.5) is 10.1 Å². The first-order valence-electron chi connectivity index (χ1n) is 3.99. The van der Waals surface area contributed by atoms with Gasteiger partial charge < -0.3 is 5.73 Å². The van der Waals surface area contributed by atoms with Crippen molar-refractivity contribution in [3.8, 4) is 0 Å². The Labute approximate surface area is 75.2 Å². The summed E-state index contributed by atoms with van der Waals surface area (Å²) in [5.41, 5.74) is 7.47. The van der Waals surface area contributed by atoms with Crippen LogP contribution in [0.15, 0.2) is 24.4 Å². The van der Waals surface area contributed by atoms with Gasteiger partial charge in [-0.05, 0) is 30.7 Å². The number of hydrogen-bond acceptors (Lipinski definition) is 2. The first-order valence-corrected chi connectivity index (χ1v) is 3.99. The average Bonchev–Trinajstić information content (AvgIpc) is 2.15. The molecular formula is C10H9FN2. The van der Waals surface area contributed by atoms with Crippen LogP contribution < -0.4 is 5.73 Å². The molecule has 0 fully saturated rings. The molecule has 0 radical (unpaired) electrons. The summed E-state index contributed by atoms with van der Waals surface area (Å²) in [6, 6.07) is 4.93. The van der Waals surface area contributed by atoms with Gasteiger partial charge in [0.25, 0.3) is 0 Å². The highest BCUT2D eigenvalue weighted by Crippen LogP contribution is 2.24. The average molecular weight is 176 g/mol. The highest BCUT2D eigenvalue weighted by Gasteiger charge is 2.06. The monoisotopic (exact) mass is 176 g/mol. The van der Waals surface area contributed by atoms with Gasteiger partial charge in [0.15, 0.2) is 0 Å². The van der Waals surface area contributed by atoms with Crippen molar-refractivity contribution in [2.75, 3.05) is 5.73 Å². The third kappa shape index (κ3) is 1.13. The number of halogens is 1. The van der Waals surface area contributed by atoms with E-state index in [1.807, 2.05) is 0 Å². The molecule has 1 heterocycles. The summed E-state index contributed by atoms with van der Waals surface area (Å²) in [5, 5.41) is 0.681. The van der Waals surface area contributed by atoms with Gasteiger partial charge in [0.2, 0.25) is 0 Å². The third-order valence-electron chi connectivity index (χ3n) is 2.09. The topological polar surface area (TPSA) is 38.9 Å². The molecule has 0 bridgehead atoms. The molecule has 0 aliphatic heterocycles. The van der Waals surface area contributed by atoms with Gasteiger partial charge in [-0.25, -0.2) is 4.39 Å². The number of nitrogens with zero attached hydrogens (tertiary/aromatic N) is 1. The van der Waals surface area contributed by atoms with Crippen LogP contribution in [-0.4, -0.2) is 4.98 Å². The molecule has 1 aromatic heterocycles. The largest absolute Gasteiger partial charge is 0.398 e. The summed E-state index contributed by atoms with van der Waals surface area (Å²) in [7, 11) is 0. The van der Waals surface area contributed by atoms with Gasteiger partial charge in [0.1, 0.15) is 11.3 Å². The summed E-state index contributed by atoms with van der Waals surface area (Å²) in [5.74, 6) is -0.317. The minimum absolute atomic E-state index is 0.317. The van der Waals surface area contributed by atoms with Crippen molar-refractivity contribution < 1.29 is 4.39 Å². The Morgan fingerprint density at radius 3 is 3.00 bits per heavy atom. The van der Waals surface area contributed by atoms with Gasteiger partial charge in [-0.1, -0.05) is 0 Å². The Morgan fingerprint density at radius 1 is 1.46 bits per heavy atom. The summed E-state index contributed by atoms with van der Waals surface area (Å²) >= 11 is 0. The minimum Gasteiger partial charge on any atom is -0.398 e. The number of benzene rings is 1. The van der Waals surface area contributed by atoms with E-state index in [0.717, 1.165) is 5.56 Å². The van der Waals surface area contributed by atoms with Crippen molar-refractivity contribution in [3.63, 3.8) is 0 Å². The molecule has 2 nitrogen and oxygen atoms in total. The van der Waals surface area contributed by atoms with E-state index >= 15 is 0 Å². The van der Waals surface area contributed by atoms with Crippen LogP contribution >= 0.6 is 0 Å². The molecule has 66 valence electrons. The fourth-order valence-corrected chi connectivity index (χ4v) is 1.36. The molecule has 1 aromatic carbocycles. The van der Waals surface area contributed by atoms with Crippen LogP contribution in [0.3, 0.4) is 0 Å². The maximum absolute atomic E-state index is 13.3. The lowest BCUT2D eigenvalue weighted by atomic mass is 10.1. The molecule has 13 heavy (non-hydrogen) atoms. The first kappa shape index (κ1) is 7.98. The highest BCUT2D eigenvalue weighted by atomic mass is 19.1. The second-order valence-electron chi connectivity index (χ2n) is 2.99. The third-order valence-corrected chi connectivity index (χ3v) is 2.09. The van der Waals surface area contributed by atoms with Crippen molar-refractivity contribution in [2.45, 2.75) is 6.92 Å². The normalized spacial score (nSPS) is 10.6. The number of hydrogen-bond donors (Lipinski definition) is 1. The number of aromatic nitrogens is 1. The molecule has 3 heteroatoms. The first-order chi connectivity index (χ1) is 6.20. The van der Waals surface area contributed by atoms with Gasteiger partial charge in [-0.15, -0.1) is 0 Å². The van der Waals surface area contributed by atoms with Gasteiger partial charge in [0.05, 0.1) is 0 Å². The number of aryl methyl sites for hydroxylation is 1. The quantitative estimate of drug-likeness (QED) is 0.625. The second kappa shape index (κ2) is 2.69. The van der Waals surface area contributed by atoms with Crippen molar-refractivity contribution >= 4 is 16.6 Å². The van der Waals surface area contributed by atoms with Gasteiger partial charge >= 0.3 is 0 Å². The molecule has 0 unspecified atom stereocenters. The van der Waals surface area contributed by atoms with E-state index < -0.39 is 0 Å². The van der Waals surface area contributed by atoms with E-state index in [-0.39, 0.29) is 5.82 Å². The Kier molecular flexibility index (Phi) is 1.65. The van der Waals surface area contributed by atoms with E-state index in [2.05, 4.69) is 4.98 Å². The Hall–Kier alpha value is -1.64. The minimum atomic E-state index is -0.317. The number of nitrogen functional groups attached to an aromatic ring is 1. The van der Waals surface area contributed by atoms with Crippen LogP contribution in [-0.2, 0) is 0 Å². The van der Waals surface area contributed by atoms with Gasteiger partial charge in [0, 0.05) is 17.3 Å². The predicted molar refractivity (Wildman–Crippen MR) is 50.9 cm³/mol. The maximum Gasteiger partial charge on any atom is 0.149 e. The van der Waals surface area contributed by atoms with Gasteiger partial charge in [-0.3, -0.25) is 4.98 Å². The molecule has 0 spiro atoms. The number of nitrogens with two attached hydrogens (primary N) is 1. The van der Waals surface area contributed by atoms with Crippen LogP contribution in [0.25, 0.3) is 10.9 Å². The number of pyridine rings is 1. The molecule has 0 amide bonds. The number of anilines is 1. The van der Waals surface area contributed by atoms with E-state index in [1.54, 1.807) is 25.3 Å². The number of rotatable bonds is 0. The molecule has 0 saturated heterocycles. The lowest BCUT2D eigenvalue weighted by Crippen LogP contribution is -1.94. The zero-order valence-corrected chi connectivity index (χ0v) is 7.21. The predicted octanol–water partition coefficient (Wildman–Crippen LogP) is 2.26. The number of fused-ring (bicyclic) bond motifs is 1. The smallest absolute Gasteiger partial charge is 0.149 e. The molecule has 0 aliphatic carbocycles. The van der Waals surface area contributed by atoms with Crippen molar-refractivity contribution in [1.29, 1.82) is 0 Å². The zero-order valence-electron chi connectivity index (χ0n) is 7.21. The van der Waals surface area contributed by atoms with E-state index in [0.29, 0.717) is 16.6 Å². The van der Waals surface area contributed by atoms with E-state index in [9.17, 15) is 4.39 Å². The van der Waals surface area contributed by atoms with Crippen LogP contribution in [0.1, 0.15) is 5.56 Å². The fourth-order valence-electron chi connectivity index (χ4n) is 1.36. The van der Waals surface area contributed by atoms with E-state index in [1.165, 1.54) is 6.07 Å². The SMILES string of the molecule is Cc1cc(F)c2ncccc2c1N. The molecule has 0 saturated carbocycles. The van der Waals surface area contributed by atoms with Crippen molar-refractivity contribution in [3.05, 3.63) is 35.8 Å². The second-order valence-corrected chi connectivity index (χ2v) is 2.99. The summed E-state index contributed by atoms with van der Waals surface area (Å²) in [4.78, 5) is 3.93. The lowest BCUT2D eigenvalue weighted by Gasteiger charge is -2.05. The van der Waals surface area contributed by atoms with Crippen LogP contribution in [0.5, 0.6) is 0 Å². The maximum atomic E-state index is 13.3. The molecule has 0 atom stereocenters. The fraction of sp³-hybridized carbons (Fsp3) is 0.100. The van der Waals surface area contributed by atoms with Crippen molar-refractivity contribution in [1.82, 2.24) is 4.98 Å². The Morgan fingerprint density at radius 2 is 2.23 bits per heavy atom. The molecule has 2 N–H and O–H groups in total. The zero-order chi connectivity index (χ0) is 9.42. The summed E-state index contributed by atoms with van der Waals surface area (Å²) < 4.78 is 13.3. The lowest BCUT2D eigenvalue weighted by molar-refractivity contribution is 0.636. The summed E-state index contributed by atoms with van der Waals surface area (Å²) in [6.45, 7) is 1.78. The Bertz CT molecular complexity index is 466. The highest BCUT2D eigenvalue weighted by molar-refractivity contribution is 5.92. The van der Waals surface area contributed by atoms with E-state index in [4.69, 9.17) is 5.73 Å². The van der Waals surface area contributed by atoms with Crippen molar-refractivity contribution in [2.24, 2.45) is 0 Å². The molecular weight excluding hydrogens is 167 g/mol. The van der Waals surface area contributed by atoms with Crippen LogP contribution in [0.2, 0.25) is 0 Å². The molecule has 2 rings (SSSR count). The molecule has 2 aromatic rings. The Balaban J connectivity index is 2.97. The molecule has 0 aliphatic rings.